The Hall–Kier alpha value is -4.60. The first-order valence-corrected chi connectivity index (χ1v) is 19.5. The molecule has 1 aromatic heterocycles. The second-order valence-electron chi connectivity index (χ2n) is 14.3. The average molecular weight is 769 g/mol. The van der Waals surface area contributed by atoms with Crippen LogP contribution in [0.5, 0.6) is 11.5 Å². The standard InChI is InChI=1S/C42H49N4O8P/c1-28(2)46(29(3)4)55(52-25-11-23-43)54-38-37-30(5)26-41(38,53-39(37)45-24-22-36(47)44-40(45)48)27-51-42(31-12-9-8-10-13-31,32-14-18-34(49-6)19-15-32)33-16-20-35(50-7)21-17-33/h8-10,12-22,24,28-29,37-39H,5,11,25-27H2,1-4,6-7H3,(H,44,47,48)/t37-,38+,39-,41+,55?/m1/s1. The monoisotopic (exact) mass is 768 g/mol. The molecule has 2 fully saturated rings. The van der Waals surface area contributed by atoms with Gasteiger partial charge in [-0.05, 0) is 68.7 Å². The minimum atomic E-state index is -1.74. The van der Waals surface area contributed by atoms with E-state index in [1.54, 1.807) is 14.2 Å². The quantitative estimate of drug-likeness (QED) is 0.0514. The van der Waals surface area contributed by atoms with Gasteiger partial charge in [0, 0.05) is 30.8 Å². The van der Waals surface area contributed by atoms with Gasteiger partial charge in [0.25, 0.3) is 14.1 Å². The molecule has 0 radical (unpaired) electrons. The zero-order valence-electron chi connectivity index (χ0n) is 32.1. The van der Waals surface area contributed by atoms with Crippen LogP contribution in [0.2, 0.25) is 0 Å². The van der Waals surface area contributed by atoms with Gasteiger partial charge in [-0.2, -0.15) is 5.26 Å². The molecule has 1 saturated heterocycles. The molecule has 5 atom stereocenters. The van der Waals surface area contributed by atoms with E-state index in [1.807, 2.05) is 78.9 Å². The SMILES string of the molecule is C=C1C[C@@]2(COC(c3ccccc3)(c3ccc(OC)cc3)c3ccc(OC)cc3)O[C@@H](n3ccc(=O)[nH]c3=O)[C@H]1[C@@H]2OP(OCCC#N)N(C(C)C)C(C)C. The first-order valence-electron chi connectivity index (χ1n) is 18.4. The number of benzene rings is 3. The second-order valence-corrected chi connectivity index (χ2v) is 15.7. The lowest BCUT2D eigenvalue weighted by molar-refractivity contribution is -0.161. The highest BCUT2D eigenvalue weighted by Gasteiger charge is 2.65. The van der Waals surface area contributed by atoms with Gasteiger partial charge in [0.2, 0.25) is 0 Å². The number of nitrogens with one attached hydrogen (secondary N) is 1. The molecule has 55 heavy (non-hydrogen) atoms. The number of nitriles is 1. The first-order chi connectivity index (χ1) is 26.5. The van der Waals surface area contributed by atoms with Crippen LogP contribution < -0.4 is 20.7 Å². The predicted molar refractivity (Wildman–Crippen MR) is 210 cm³/mol. The van der Waals surface area contributed by atoms with E-state index in [0.717, 1.165) is 22.3 Å². The Kier molecular flexibility index (Phi) is 12.4. The molecule has 4 aromatic rings. The van der Waals surface area contributed by atoms with E-state index in [2.05, 4.69) is 50.0 Å². The molecule has 13 heteroatoms. The van der Waals surface area contributed by atoms with Crippen LogP contribution in [0.1, 0.15) is 63.5 Å². The molecule has 290 valence electrons. The minimum absolute atomic E-state index is 0.000527. The van der Waals surface area contributed by atoms with Crippen molar-refractivity contribution in [2.45, 2.75) is 76.2 Å². The van der Waals surface area contributed by atoms with Crippen molar-refractivity contribution in [1.29, 1.82) is 5.26 Å². The summed E-state index contributed by atoms with van der Waals surface area (Å²) in [7, 11) is 1.51. The van der Waals surface area contributed by atoms with Crippen molar-refractivity contribution < 1.29 is 28.0 Å². The molecule has 3 aromatic carbocycles. The summed E-state index contributed by atoms with van der Waals surface area (Å²) in [6, 6.07) is 29.1. The van der Waals surface area contributed by atoms with E-state index in [1.165, 1.54) is 16.8 Å². The Balaban J connectivity index is 1.51. The Morgan fingerprint density at radius 2 is 1.53 bits per heavy atom. The number of nitrogens with zero attached hydrogens (tertiary/aromatic N) is 3. The van der Waals surface area contributed by atoms with Crippen LogP contribution in [0.15, 0.2) is 113 Å². The third-order valence-corrected chi connectivity index (χ3v) is 12.3. The lowest BCUT2D eigenvalue weighted by Gasteiger charge is -2.42. The smallest absolute Gasteiger partial charge is 0.330 e. The van der Waals surface area contributed by atoms with Gasteiger partial charge in [0.1, 0.15) is 35.0 Å². The maximum Gasteiger partial charge on any atom is 0.330 e. The second kappa shape index (κ2) is 17.0. The van der Waals surface area contributed by atoms with Gasteiger partial charge in [0.05, 0.1) is 45.8 Å². The molecule has 2 aliphatic rings. The van der Waals surface area contributed by atoms with E-state index < -0.39 is 49.2 Å². The van der Waals surface area contributed by atoms with Crippen LogP contribution in [0.4, 0.5) is 0 Å². The first kappa shape index (κ1) is 40.1. The lowest BCUT2D eigenvalue weighted by atomic mass is 9.79. The number of ether oxygens (including phenoxy) is 4. The summed E-state index contributed by atoms with van der Waals surface area (Å²) in [5, 5.41) is 9.39. The summed E-state index contributed by atoms with van der Waals surface area (Å²) >= 11 is 0. The highest BCUT2D eigenvalue weighted by Crippen LogP contribution is 2.61. The van der Waals surface area contributed by atoms with E-state index >= 15 is 0 Å². The summed E-state index contributed by atoms with van der Waals surface area (Å²) in [5.74, 6) is 0.881. The Labute approximate surface area is 323 Å². The van der Waals surface area contributed by atoms with Crippen LogP contribution in [0.25, 0.3) is 0 Å². The van der Waals surface area contributed by atoms with Crippen LogP contribution in [0.3, 0.4) is 0 Å². The fourth-order valence-electron chi connectivity index (χ4n) is 7.80. The Morgan fingerprint density at radius 3 is 2.05 bits per heavy atom. The summed E-state index contributed by atoms with van der Waals surface area (Å²) in [5.41, 5.74) is -0.107. The van der Waals surface area contributed by atoms with Gasteiger partial charge in [-0.1, -0.05) is 66.7 Å². The number of hydrogen-bond acceptors (Lipinski definition) is 10. The van der Waals surface area contributed by atoms with Crippen LogP contribution >= 0.6 is 8.53 Å². The van der Waals surface area contributed by atoms with Crippen LogP contribution in [0, 0.1) is 17.2 Å². The molecule has 1 saturated carbocycles. The Bertz CT molecular complexity index is 2020. The van der Waals surface area contributed by atoms with Crippen molar-refractivity contribution in [3.8, 4) is 17.6 Å². The third kappa shape index (κ3) is 7.92. The van der Waals surface area contributed by atoms with Gasteiger partial charge < -0.3 is 28.0 Å². The van der Waals surface area contributed by atoms with Gasteiger partial charge >= 0.3 is 5.69 Å². The molecule has 1 unspecified atom stereocenters. The fraction of sp³-hybridized carbons (Fsp3) is 0.405. The number of H-pyrrole nitrogens is 1. The van der Waals surface area contributed by atoms with E-state index in [0.29, 0.717) is 17.9 Å². The zero-order valence-corrected chi connectivity index (χ0v) is 33.0. The summed E-state index contributed by atoms with van der Waals surface area (Å²) in [6.45, 7) is 13.0. The molecule has 1 N–H and O–H groups in total. The maximum absolute atomic E-state index is 13.3. The average Bonchev–Trinajstić information content (AvgIpc) is 3.62. The molecular weight excluding hydrogens is 719 g/mol. The molecule has 2 heterocycles. The summed E-state index contributed by atoms with van der Waals surface area (Å²) < 4.78 is 42.6. The highest BCUT2D eigenvalue weighted by molar-refractivity contribution is 7.44. The fourth-order valence-corrected chi connectivity index (χ4v) is 9.62. The maximum atomic E-state index is 13.3. The van der Waals surface area contributed by atoms with Crippen molar-refractivity contribution in [1.82, 2.24) is 14.2 Å². The largest absolute Gasteiger partial charge is 0.497 e. The number of aromatic amines is 1. The van der Waals surface area contributed by atoms with Crippen molar-refractivity contribution in [2.75, 3.05) is 27.4 Å². The van der Waals surface area contributed by atoms with Crippen molar-refractivity contribution in [3.63, 3.8) is 0 Å². The van der Waals surface area contributed by atoms with Gasteiger partial charge in [-0.3, -0.25) is 14.3 Å². The predicted octanol–water partition coefficient (Wildman–Crippen LogP) is 7.07. The zero-order chi connectivity index (χ0) is 39.3. The summed E-state index contributed by atoms with van der Waals surface area (Å²) in [6.07, 6.45) is 0.440. The molecular formula is C42H49N4O8P. The molecule has 0 spiro atoms. The van der Waals surface area contributed by atoms with Gasteiger partial charge in [0.15, 0.2) is 0 Å². The number of methoxy groups -OCH3 is 2. The minimum Gasteiger partial charge on any atom is -0.497 e. The topological polar surface area (TPSA) is 137 Å². The van der Waals surface area contributed by atoms with Gasteiger partial charge in [-0.15, -0.1) is 0 Å². The van der Waals surface area contributed by atoms with E-state index in [-0.39, 0.29) is 31.7 Å². The van der Waals surface area contributed by atoms with E-state index in [9.17, 15) is 14.9 Å². The normalized spacial score (nSPS) is 21.3. The van der Waals surface area contributed by atoms with Crippen molar-refractivity contribution in [2.24, 2.45) is 5.92 Å². The third-order valence-electron chi connectivity index (χ3n) is 10.2. The van der Waals surface area contributed by atoms with Crippen LogP contribution in [-0.2, 0) is 24.1 Å². The molecule has 12 nitrogen and oxygen atoms in total. The Morgan fingerprint density at radius 1 is 0.945 bits per heavy atom. The number of aromatic nitrogens is 2. The molecule has 1 aliphatic carbocycles. The lowest BCUT2D eigenvalue weighted by Crippen LogP contribution is -2.47. The van der Waals surface area contributed by atoms with Crippen molar-refractivity contribution >= 4 is 8.53 Å². The molecule has 1 aliphatic heterocycles. The molecule has 6 rings (SSSR count). The highest BCUT2D eigenvalue weighted by atomic mass is 31.2. The van der Waals surface area contributed by atoms with Crippen LogP contribution in [-0.4, -0.2) is 65.4 Å². The number of rotatable bonds is 17. The van der Waals surface area contributed by atoms with E-state index in [4.69, 9.17) is 28.0 Å². The van der Waals surface area contributed by atoms with Gasteiger partial charge in [-0.25, -0.2) is 9.46 Å². The van der Waals surface area contributed by atoms with Crippen molar-refractivity contribution in [3.05, 3.63) is 141 Å². The molecule has 0 amide bonds. The summed E-state index contributed by atoms with van der Waals surface area (Å²) in [4.78, 5) is 27.8. The molecule has 2 bridgehead atoms. The number of fused-ring (bicyclic) bond motifs is 2. The number of hydrogen-bond donors (Lipinski definition) is 1.